The van der Waals surface area contributed by atoms with Crippen molar-refractivity contribution in [1.82, 2.24) is 5.32 Å². The number of aliphatic hydroxyl groups is 1. The smallest absolute Gasteiger partial charge is 0.219 e. The number of carbonyl (C=O) groups is 1. The van der Waals surface area contributed by atoms with Crippen molar-refractivity contribution in [3.63, 3.8) is 0 Å². The predicted octanol–water partition coefficient (Wildman–Crippen LogP) is 0.0375. The Morgan fingerprint density at radius 3 is 2.70 bits per heavy atom. The highest BCUT2D eigenvalue weighted by Crippen LogP contribution is 2.33. The van der Waals surface area contributed by atoms with Crippen molar-refractivity contribution in [1.29, 1.82) is 0 Å². The fourth-order valence-corrected chi connectivity index (χ4v) is 0.709. The summed E-state index contributed by atoms with van der Waals surface area (Å²) in [6.07, 6.45) is 2.16. The molecule has 0 atom stereocenters. The normalized spacial score (nSPS) is 20.2. The molecule has 0 aromatic heterocycles. The van der Waals surface area contributed by atoms with Crippen LogP contribution in [0.3, 0.4) is 0 Å². The van der Waals surface area contributed by atoms with Crippen LogP contribution in [-0.4, -0.2) is 23.2 Å². The number of hydrogen-bond donors (Lipinski definition) is 2. The van der Waals surface area contributed by atoms with Gasteiger partial charge in [-0.1, -0.05) is 6.92 Å². The molecule has 10 heavy (non-hydrogen) atoms. The zero-order valence-electron chi connectivity index (χ0n) is 6.18. The van der Waals surface area contributed by atoms with E-state index in [1.807, 2.05) is 0 Å². The minimum atomic E-state index is -0.551. The summed E-state index contributed by atoms with van der Waals surface area (Å²) in [4.78, 5) is 10.7. The lowest BCUT2D eigenvalue weighted by atomic mass is 10.3. The lowest BCUT2D eigenvalue weighted by Gasteiger charge is -2.07. The molecule has 0 aromatic carbocycles. The molecule has 0 radical (unpaired) electrons. The van der Waals surface area contributed by atoms with Crippen molar-refractivity contribution in [3.05, 3.63) is 0 Å². The number of hydrogen-bond acceptors (Lipinski definition) is 2. The molecule has 1 fully saturated rings. The van der Waals surface area contributed by atoms with Gasteiger partial charge in [0.2, 0.25) is 5.91 Å². The van der Waals surface area contributed by atoms with Crippen molar-refractivity contribution in [2.24, 2.45) is 0 Å². The highest BCUT2D eigenvalue weighted by atomic mass is 16.3. The molecule has 1 rings (SSSR count). The molecule has 0 unspecified atom stereocenters. The van der Waals surface area contributed by atoms with E-state index in [0.717, 1.165) is 12.8 Å². The van der Waals surface area contributed by atoms with Gasteiger partial charge in [-0.05, 0) is 12.8 Å². The molecule has 0 bridgehead atoms. The molecule has 0 spiro atoms. The van der Waals surface area contributed by atoms with Gasteiger partial charge in [-0.25, -0.2) is 0 Å². The molecule has 58 valence electrons. The van der Waals surface area contributed by atoms with Crippen molar-refractivity contribution in [2.75, 3.05) is 6.54 Å². The number of amides is 1. The Morgan fingerprint density at radius 2 is 2.30 bits per heavy atom. The maximum Gasteiger partial charge on any atom is 0.219 e. The first-order chi connectivity index (χ1) is 4.66. The number of rotatable bonds is 3. The van der Waals surface area contributed by atoms with Crippen molar-refractivity contribution < 1.29 is 9.90 Å². The van der Waals surface area contributed by atoms with Crippen LogP contribution in [0.15, 0.2) is 0 Å². The van der Waals surface area contributed by atoms with E-state index in [4.69, 9.17) is 0 Å². The van der Waals surface area contributed by atoms with Crippen LogP contribution >= 0.6 is 0 Å². The SMILES string of the molecule is CCC(=O)NCC1(O)CC1. The summed E-state index contributed by atoms with van der Waals surface area (Å²) in [5, 5.41) is 11.9. The maximum absolute atomic E-state index is 10.7. The molecule has 0 saturated heterocycles. The molecule has 0 aromatic rings. The maximum atomic E-state index is 10.7. The molecule has 3 heteroatoms. The fourth-order valence-electron chi connectivity index (χ4n) is 0.709. The zero-order chi connectivity index (χ0) is 7.61. The average molecular weight is 143 g/mol. The van der Waals surface area contributed by atoms with E-state index in [0.29, 0.717) is 13.0 Å². The Morgan fingerprint density at radius 1 is 1.70 bits per heavy atom. The third kappa shape index (κ3) is 1.99. The van der Waals surface area contributed by atoms with Crippen LogP contribution in [0.4, 0.5) is 0 Å². The third-order valence-electron chi connectivity index (χ3n) is 1.76. The summed E-state index contributed by atoms with van der Waals surface area (Å²) in [7, 11) is 0. The van der Waals surface area contributed by atoms with Gasteiger partial charge in [0.25, 0.3) is 0 Å². The van der Waals surface area contributed by atoms with E-state index in [1.54, 1.807) is 6.92 Å². The minimum absolute atomic E-state index is 0.0142. The second-order valence-corrected chi connectivity index (χ2v) is 2.85. The minimum Gasteiger partial charge on any atom is -0.388 e. The van der Waals surface area contributed by atoms with Crippen LogP contribution in [0.1, 0.15) is 26.2 Å². The molecule has 0 heterocycles. The van der Waals surface area contributed by atoms with E-state index in [1.165, 1.54) is 0 Å². The second-order valence-electron chi connectivity index (χ2n) is 2.85. The lowest BCUT2D eigenvalue weighted by molar-refractivity contribution is -0.121. The topological polar surface area (TPSA) is 49.3 Å². The Kier molecular flexibility index (Phi) is 1.94. The van der Waals surface area contributed by atoms with Gasteiger partial charge in [0, 0.05) is 13.0 Å². The molecular weight excluding hydrogens is 130 g/mol. The quantitative estimate of drug-likeness (QED) is 0.586. The van der Waals surface area contributed by atoms with Crippen LogP contribution < -0.4 is 5.32 Å². The highest BCUT2D eigenvalue weighted by Gasteiger charge is 2.40. The predicted molar refractivity (Wildman–Crippen MR) is 37.5 cm³/mol. The van der Waals surface area contributed by atoms with Crippen LogP contribution in [-0.2, 0) is 4.79 Å². The molecule has 1 aliphatic rings. The highest BCUT2D eigenvalue weighted by molar-refractivity contribution is 5.75. The molecule has 1 saturated carbocycles. The molecule has 3 nitrogen and oxygen atoms in total. The van der Waals surface area contributed by atoms with E-state index in [2.05, 4.69) is 5.32 Å². The zero-order valence-corrected chi connectivity index (χ0v) is 6.18. The summed E-state index contributed by atoms with van der Waals surface area (Å²) in [5.41, 5.74) is -0.551. The molecule has 2 N–H and O–H groups in total. The van der Waals surface area contributed by atoms with Crippen molar-refractivity contribution in [2.45, 2.75) is 31.8 Å². The largest absolute Gasteiger partial charge is 0.388 e. The van der Waals surface area contributed by atoms with Gasteiger partial charge in [0.05, 0.1) is 5.60 Å². The Hall–Kier alpha value is -0.570. The van der Waals surface area contributed by atoms with E-state index in [9.17, 15) is 9.90 Å². The van der Waals surface area contributed by atoms with E-state index >= 15 is 0 Å². The Balaban J connectivity index is 2.10. The van der Waals surface area contributed by atoms with Crippen LogP contribution in [0.2, 0.25) is 0 Å². The van der Waals surface area contributed by atoms with Crippen molar-refractivity contribution >= 4 is 5.91 Å². The fraction of sp³-hybridized carbons (Fsp3) is 0.857. The van der Waals surface area contributed by atoms with E-state index < -0.39 is 5.60 Å². The average Bonchev–Trinajstić information content (AvgIpc) is 2.64. The van der Waals surface area contributed by atoms with Gasteiger partial charge in [-0.3, -0.25) is 4.79 Å². The molecular formula is C7H13NO2. The van der Waals surface area contributed by atoms with Crippen molar-refractivity contribution in [3.8, 4) is 0 Å². The monoisotopic (exact) mass is 143 g/mol. The standard InChI is InChI=1S/C7H13NO2/c1-2-6(9)8-5-7(10)3-4-7/h10H,2-5H2,1H3,(H,8,9). The first kappa shape index (κ1) is 7.54. The van der Waals surface area contributed by atoms with Crippen LogP contribution in [0, 0.1) is 0 Å². The second kappa shape index (κ2) is 2.58. The summed E-state index contributed by atoms with van der Waals surface area (Å²) in [5.74, 6) is 0.0142. The third-order valence-corrected chi connectivity index (χ3v) is 1.76. The van der Waals surface area contributed by atoms with E-state index in [-0.39, 0.29) is 5.91 Å². The Labute approximate surface area is 60.4 Å². The summed E-state index contributed by atoms with van der Waals surface area (Å²) in [6.45, 7) is 2.23. The summed E-state index contributed by atoms with van der Waals surface area (Å²) in [6, 6.07) is 0. The van der Waals surface area contributed by atoms with Gasteiger partial charge in [0.15, 0.2) is 0 Å². The van der Waals surface area contributed by atoms with Gasteiger partial charge < -0.3 is 10.4 Å². The first-order valence-corrected chi connectivity index (χ1v) is 3.65. The number of nitrogens with one attached hydrogen (secondary N) is 1. The first-order valence-electron chi connectivity index (χ1n) is 3.65. The van der Waals surface area contributed by atoms with Crippen LogP contribution in [0.25, 0.3) is 0 Å². The molecule has 1 amide bonds. The van der Waals surface area contributed by atoms with Gasteiger partial charge in [-0.15, -0.1) is 0 Å². The Bertz CT molecular complexity index is 141. The van der Waals surface area contributed by atoms with Crippen LogP contribution in [0.5, 0.6) is 0 Å². The number of carbonyl (C=O) groups excluding carboxylic acids is 1. The molecule has 0 aliphatic heterocycles. The van der Waals surface area contributed by atoms with Gasteiger partial charge in [-0.2, -0.15) is 0 Å². The lowest BCUT2D eigenvalue weighted by Crippen LogP contribution is -2.32. The molecule has 1 aliphatic carbocycles. The van der Waals surface area contributed by atoms with Gasteiger partial charge in [0.1, 0.15) is 0 Å². The summed E-state index contributed by atoms with van der Waals surface area (Å²) < 4.78 is 0. The van der Waals surface area contributed by atoms with Gasteiger partial charge >= 0.3 is 0 Å². The summed E-state index contributed by atoms with van der Waals surface area (Å²) >= 11 is 0.